The number of carbonyl (C=O) groups excluding carboxylic acids is 1. The normalized spacial score (nSPS) is 10.3. The smallest absolute Gasteiger partial charge is 0.224 e. The SMILES string of the molecule is CCCCCOc1c(CC)cccc1NC(=O)CC. The molecule has 0 spiro atoms. The molecule has 0 fully saturated rings. The minimum atomic E-state index is 0.0201. The van der Waals surface area contributed by atoms with Gasteiger partial charge in [-0.2, -0.15) is 0 Å². The van der Waals surface area contributed by atoms with Gasteiger partial charge in [-0.05, 0) is 24.5 Å². The number of aryl methyl sites for hydroxylation is 1. The molecule has 3 nitrogen and oxygen atoms in total. The quantitative estimate of drug-likeness (QED) is 0.715. The molecule has 0 radical (unpaired) electrons. The fourth-order valence-corrected chi connectivity index (χ4v) is 1.90. The maximum Gasteiger partial charge on any atom is 0.224 e. The zero-order chi connectivity index (χ0) is 14.1. The van der Waals surface area contributed by atoms with Gasteiger partial charge in [-0.15, -0.1) is 0 Å². The highest BCUT2D eigenvalue weighted by Crippen LogP contribution is 2.30. The van der Waals surface area contributed by atoms with Crippen molar-refractivity contribution in [3.63, 3.8) is 0 Å². The Bertz CT molecular complexity index is 402. The summed E-state index contributed by atoms with van der Waals surface area (Å²) in [6, 6.07) is 5.92. The van der Waals surface area contributed by atoms with Gasteiger partial charge in [0.2, 0.25) is 5.91 Å². The van der Waals surface area contributed by atoms with Crippen LogP contribution < -0.4 is 10.1 Å². The van der Waals surface area contributed by atoms with Crippen LogP contribution in [0.25, 0.3) is 0 Å². The second kappa shape index (κ2) is 8.57. The summed E-state index contributed by atoms with van der Waals surface area (Å²) in [6.45, 7) is 6.83. The van der Waals surface area contributed by atoms with E-state index in [1.54, 1.807) is 0 Å². The first kappa shape index (κ1) is 15.5. The molecule has 1 rings (SSSR count). The number of nitrogens with one attached hydrogen (secondary N) is 1. The minimum Gasteiger partial charge on any atom is -0.491 e. The molecule has 1 N–H and O–H groups in total. The van der Waals surface area contributed by atoms with Gasteiger partial charge in [-0.3, -0.25) is 4.79 Å². The first-order valence-electron chi connectivity index (χ1n) is 7.27. The number of benzene rings is 1. The van der Waals surface area contributed by atoms with E-state index in [1.165, 1.54) is 12.8 Å². The molecule has 1 aromatic carbocycles. The molecule has 0 bridgehead atoms. The van der Waals surface area contributed by atoms with Crippen LogP contribution in [0.2, 0.25) is 0 Å². The number of unbranched alkanes of at least 4 members (excludes halogenated alkanes) is 2. The highest BCUT2D eigenvalue weighted by atomic mass is 16.5. The molecule has 106 valence electrons. The number of para-hydroxylation sites is 1. The number of carbonyl (C=O) groups is 1. The van der Waals surface area contributed by atoms with E-state index in [2.05, 4.69) is 25.2 Å². The van der Waals surface area contributed by atoms with Crippen LogP contribution in [-0.2, 0) is 11.2 Å². The van der Waals surface area contributed by atoms with Crippen molar-refractivity contribution in [1.82, 2.24) is 0 Å². The summed E-state index contributed by atoms with van der Waals surface area (Å²) in [5, 5.41) is 2.91. The summed E-state index contributed by atoms with van der Waals surface area (Å²) < 4.78 is 5.89. The van der Waals surface area contributed by atoms with Crippen molar-refractivity contribution in [1.29, 1.82) is 0 Å². The molecule has 0 aliphatic heterocycles. The van der Waals surface area contributed by atoms with Crippen LogP contribution in [0, 0.1) is 0 Å². The van der Waals surface area contributed by atoms with Gasteiger partial charge in [0.25, 0.3) is 0 Å². The highest BCUT2D eigenvalue weighted by Gasteiger charge is 2.10. The van der Waals surface area contributed by atoms with Gasteiger partial charge in [-0.25, -0.2) is 0 Å². The third-order valence-corrected chi connectivity index (χ3v) is 3.07. The Hall–Kier alpha value is -1.51. The predicted molar refractivity (Wildman–Crippen MR) is 79.8 cm³/mol. The lowest BCUT2D eigenvalue weighted by molar-refractivity contribution is -0.115. The summed E-state index contributed by atoms with van der Waals surface area (Å²) in [7, 11) is 0. The third kappa shape index (κ3) is 4.93. The van der Waals surface area contributed by atoms with Gasteiger partial charge in [0, 0.05) is 6.42 Å². The van der Waals surface area contributed by atoms with E-state index in [0.717, 1.165) is 29.8 Å². The Balaban J connectivity index is 2.80. The Kier molecular flexibility index (Phi) is 7.01. The van der Waals surface area contributed by atoms with E-state index in [0.29, 0.717) is 13.0 Å². The van der Waals surface area contributed by atoms with Gasteiger partial charge in [0.1, 0.15) is 5.75 Å². The van der Waals surface area contributed by atoms with Crippen LogP contribution in [0.4, 0.5) is 5.69 Å². The first-order valence-corrected chi connectivity index (χ1v) is 7.27. The second-order valence-corrected chi connectivity index (χ2v) is 4.60. The Morgan fingerprint density at radius 2 is 2.00 bits per heavy atom. The van der Waals surface area contributed by atoms with Gasteiger partial charge in [-0.1, -0.05) is 45.7 Å². The molecule has 19 heavy (non-hydrogen) atoms. The topological polar surface area (TPSA) is 38.3 Å². The molecular weight excluding hydrogens is 238 g/mol. The number of ether oxygens (including phenoxy) is 1. The lowest BCUT2D eigenvalue weighted by Crippen LogP contribution is -2.12. The summed E-state index contributed by atoms with van der Waals surface area (Å²) >= 11 is 0. The molecule has 0 saturated heterocycles. The molecule has 0 atom stereocenters. The number of amides is 1. The van der Waals surface area contributed by atoms with Crippen LogP contribution in [0.1, 0.15) is 52.0 Å². The molecule has 0 aliphatic carbocycles. The summed E-state index contributed by atoms with van der Waals surface area (Å²) in [5.41, 5.74) is 1.94. The van der Waals surface area contributed by atoms with Gasteiger partial charge in [0.05, 0.1) is 12.3 Å². The van der Waals surface area contributed by atoms with Crippen LogP contribution in [-0.4, -0.2) is 12.5 Å². The number of hydrogen-bond acceptors (Lipinski definition) is 2. The zero-order valence-electron chi connectivity index (χ0n) is 12.3. The van der Waals surface area contributed by atoms with Gasteiger partial charge >= 0.3 is 0 Å². The van der Waals surface area contributed by atoms with E-state index in [-0.39, 0.29) is 5.91 Å². The Labute approximate surface area is 116 Å². The molecule has 0 heterocycles. The van der Waals surface area contributed by atoms with Crippen molar-refractivity contribution < 1.29 is 9.53 Å². The molecule has 3 heteroatoms. The van der Waals surface area contributed by atoms with Crippen molar-refractivity contribution in [2.75, 3.05) is 11.9 Å². The molecule has 1 aromatic rings. The lowest BCUT2D eigenvalue weighted by atomic mass is 10.1. The van der Waals surface area contributed by atoms with Gasteiger partial charge in [0.15, 0.2) is 0 Å². The average molecular weight is 263 g/mol. The second-order valence-electron chi connectivity index (χ2n) is 4.60. The summed E-state index contributed by atoms with van der Waals surface area (Å²) in [6.07, 6.45) is 4.78. The standard InChI is InChI=1S/C16H25NO2/c1-4-7-8-12-19-16-13(5-2)10-9-11-14(16)17-15(18)6-3/h9-11H,4-8,12H2,1-3H3,(H,17,18). The number of anilines is 1. The van der Waals surface area contributed by atoms with E-state index in [9.17, 15) is 4.79 Å². The fraction of sp³-hybridized carbons (Fsp3) is 0.562. The molecule has 0 aliphatic rings. The average Bonchev–Trinajstić information content (AvgIpc) is 2.44. The minimum absolute atomic E-state index is 0.0201. The Morgan fingerprint density at radius 3 is 2.63 bits per heavy atom. The van der Waals surface area contributed by atoms with E-state index in [4.69, 9.17) is 4.74 Å². The molecule has 0 unspecified atom stereocenters. The van der Waals surface area contributed by atoms with Crippen LogP contribution in [0.3, 0.4) is 0 Å². The molecule has 1 amide bonds. The molecule has 0 saturated carbocycles. The number of rotatable bonds is 8. The van der Waals surface area contributed by atoms with Crippen molar-refractivity contribution in [3.05, 3.63) is 23.8 Å². The van der Waals surface area contributed by atoms with Crippen molar-refractivity contribution >= 4 is 11.6 Å². The fourth-order valence-electron chi connectivity index (χ4n) is 1.90. The molecular formula is C16H25NO2. The van der Waals surface area contributed by atoms with Crippen molar-refractivity contribution in [2.45, 2.75) is 52.9 Å². The Morgan fingerprint density at radius 1 is 1.21 bits per heavy atom. The summed E-state index contributed by atoms with van der Waals surface area (Å²) in [4.78, 5) is 11.5. The third-order valence-electron chi connectivity index (χ3n) is 3.07. The highest BCUT2D eigenvalue weighted by molar-refractivity contribution is 5.92. The largest absolute Gasteiger partial charge is 0.491 e. The predicted octanol–water partition coefficient (Wildman–Crippen LogP) is 4.17. The first-order chi connectivity index (χ1) is 9.22. The monoisotopic (exact) mass is 263 g/mol. The lowest BCUT2D eigenvalue weighted by Gasteiger charge is -2.15. The number of hydrogen-bond donors (Lipinski definition) is 1. The zero-order valence-corrected chi connectivity index (χ0v) is 12.3. The van der Waals surface area contributed by atoms with Gasteiger partial charge < -0.3 is 10.1 Å². The maximum absolute atomic E-state index is 11.5. The van der Waals surface area contributed by atoms with Crippen LogP contribution >= 0.6 is 0 Å². The summed E-state index contributed by atoms with van der Waals surface area (Å²) in [5.74, 6) is 0.856. The molecule has 0 aromatic heterocycles. The van der Waals surface area contributed by atoms with E-state index < -0.39 is 0 Å². The van der Waals surface area contributed by atoms with Crippen molar-refractivity contribution in [3.8, 4) is 5.75 Å². The van der Waals surface area contributed by atoms with Crippen LogP contribution in [0.5, 0.6) is 5.75 Å². The van der Waals surface area contributed by atoms with Crippen molar-refractivity contribution in [2.24, 2.45) is 0 Å². The van der Waals surface area contributed by atoms with Crippen LogP contribution in [0.15, 0.2) is 18.2 Å². The van der Waals surface area contributed by atoms with E-state index >= 15 is 0 Å². The van der Waals surface area contributed by atoms with E-state index in [1.807, 2.05) is 19.1 Å². The maximum atomic E-state index is 11.5.